The number of nitrogens with zero attached hydrogens (tertiary/aromatic N) is 1. The highest BCUT2D eigenvalue weighted by Gasteiger charge is 2.22. The smallest absolute Gasteiger partial charge is 0.450 e. The first kappa shape index (κ1) is 32.8. The molecular weight excluding hydrogens is 456 g/mol. The van der Waals surface area contributed by atoms with Crippen LogP contribution in [0, 0.1) is 0 Å². The van der Waals surface area contributed by atoms with Crippen molar-refractivity contribution in [2.24, 2.45) is 22.9 Å². The molecule has 0 bridgehead atoms. The van der Waals surface area contributed by atoms with E-state index in [1.54, 1.807) is 0 Å². The van der Waals surface area contributed by atoms with Crippen molar-refractivity contribution in [2.75, 3.05) is 45.9 Å². The van der Waals surface area contributed by atoms with Crippen LogP contribution in [0.2, 0.25) is 0 Å². The van der Waals surface area contributed by atoms with Gasteiger partial charge in [-0.3, -0.25) is 9.69 Å². The Kier molecular flexibility index (Phi) is 21.0. The summed E-state index contributed by atoms with van der Waals surface area (Å²) in [6.07, 6.45) is 6.96. The molecule has 0 fully saturated rings. The highest BCUT2D eigenvalue weighted by molar-refractivity contribution is 5.82. The van der Waals surface area contributed by atoms with E-state index in [0.717, 1.165) is 51.4 Å². The van der Waals surface area contributed by atoms with Crippen LogP contribution >= 0.6 is 0 Å². The third-order valence-electron chi connectivity index (χ3n) is 5.45. The van der Waals surface area contributed by atoms with Crippen LogP contribution in [0.25, 0.3) is 0 Å². The lowest BCUT2D eigenvalue weighted by Gasteiger charge is -2.24. The molecule has 12 heteroatoms. The average Bonchev–Trinajstić information content (AvgIpc) is 2.82. The fraction of sp³-hybridized carbons (Fsp3) is 0.870. The van der Waals surface area contributed by atoms with E-state index in [1.807, 2.05) is 0 Å². The van der Waals surface area contributed by atoms with Crippen LogP contribution in [-0.2, 0) is 14.3 Å². The average molecular weight is 505 g/mol. The van der Waals surface area contributed by atoms with Crippen LogP contribution in [0.4, 0.5) is 9.59 Å². The van der Waals surface area contributed by atoms with Gasteiger partial charge in [-0.05, 0) is 58.2 Å². The molecule has 0 rings (SSSR count). The zero-order chi connectivity index (χ0) is 26.3. The monoisotopic (exact) mass is 504 g/mol. The van der Waals surface area contributed by atoms with Gasteiger partial charge >= 0.3 is 12.2 Å². The SMILES string of the molecule is NCCCCCCCN(CC(=O)N[C@@H](CCCCN)COC(=O)O)C(=O)OC[C@H](N)CCCCN. The Labute approximate surface area is 209 Å². The van der Waals surface area contributed by atoms with Crippen molar-refractivity contribution in [2.45, 2.75) is 82.7 Å². The standard InChI is InChI=1S/C23H48N6O6/c24-12-6-2-1-3-9-15-29(22(31)34-17-19(27)10-4-7-13-25)16-21(30)28-20(11-5-8-14-26)18-35-23(32)33/h19-20H,1-18,24-27H2,(H,28,30)(H,32,33)/t19-,20+/m1/s1. The van der Waals surface area contributed by atoms with Gasteiger partial charge in [-0.2, -0.15) is 0 Å². The summed E-state index contributed by atoms with van der Waals surface area (Å²) < 4.78 is 10.0. The maximum Gasteiger partial charge on any atom is 0.505 e. The Morgan fingerprint density at radius 1 is 0.771 bits per heavy atom. The number of ether oxygens (including phenoxy) is 2. The molecule has 0 aliphatic rings. The Morgan fingerprint density at radius 2 is 1.34 bits per heavy atom. The fourth-order valence-corrected chi connectivity index (χ4v) is 3.47. The summed E-state index contributed by atoms with van der Waals surface area (Å²) in [5.74, 6) is -0.413. The minimum Gasteiger partial charge on any atom is -0.450 e. The van der Waals surface area contributed by atoms with Crippen LogP contribution in [0.5, 0.6) is 0 Å². The maximum atomic E-state index is 12.7. The van der Waals surface area contributed by atoms with Crippen LogP contribution in [0.1, 0.15) is 70.6 Å². The molecule has 2 atom stereocenters. The first-order valence-electron chi connectivity index (χ1n) is 12.8. The van der Waals surface area contributed by atoms with Crippen LogP contribution in [0.15, 0.2) is 0 Å². The van der Waals surface area contributed by atoms with Gasteiger partial charge in [0.2, 0.25) is 5.91 Å². The van der Waals surface area contributed by atoms with Crippen molar-refractivity contribution in [3.63, 3.8) is 0 Å². The molecule has 0 heterocycles. The zero-order valence-corrected chi connectivity index (χ0v) is 21.1. The van der Waals surface area contributed by atoms with E-state index in [4.69, 9.17) is 32.8 Å². The summed E-state index contributed by atoms with van der Waals surface area (Å²) in [6.45, 7) is 1.79. The van der Waals surface area contributed by atoms with E-state index in [2.05, 4.69) is 10.1 Å². The fourth-order valence-electron chi connectivity index (χ4n) is 3.47. The third-order valence-corrected chi connectivity index (χ3v) is 5.45. The molecular formula is C23H48N6O6. The molecule has 2 amide bonds. The highest BCUT2D eigenvalue weighted by atomic mass is 16.7. The number of carbonyl (C=O) groups excluding carboxylic acids is 2. The molecule has 0 spiro atoms. The molecule has 10 N–H and O–H groups in total. The topological polar surface area (TPSA) is 209 Å². The molecule has 0 aromatic rings. The van der Waals surface area contributed by atoms with E-state index in [1.165, 1.54) is 4.90 Å². The van der Waals surface area contributed by atoms with E-state index < -0.39 is 24.2 Å². The summed E-state index contributed by atoms with van der Waals surface area (Å²) >= 11 is 0. The number of nitrogens with one attached hydrogen (secondary N) is 1. The normalized spacial score (nSPS) is 12.6. The van der Waals surface area contributed by atoms with Gasteiger partial charge in [-0.15, -0.1) is 0 Å². The Balaban J connectivity index is 4.88. The lowest BCUT2D eigenvalue weighted by atomic mass is 10.1. The summed E-state index contributed by atoms with van der Waals surface area (Å²) in [6, 6.07) is -0.798. The first-order chi connectivity index (χ1) is 16.8. The summed E-state index contributed by atoms with van der Waals surface area (Å²) in [4.78, 5) is 37.5. The van der Waals surface area contributed by atoms with Gasteiger partial charge in [0, 0.05) is 12.6 Å². The molecule has 35 heavy (non-hydrogen) atoms. The molecule has 0 radical (unpaired) electrons. The van der Waals surface area contributed by atoms with Gasteiger partial charge in [-0.1, -0.05) is 32.1 Å². The van der Waals surface area contributed by atoms with E-state index in [-0.39, 0.29) is 25.8 Å². The second-order valence-electron chi connectivity index (χ2n) is 8.73. The van der Waals surface area contributed by atoms with Crippen molar-refractivity contribution >= 4 is 18.2 Å². The van der Waals surface area contributed by atoms with E-state index in [9.17, 15) is 14.4 Å². The van der Waals surface area contributed by atoms with Crippen molar-refractivity contribution in [3.05, 3.63) is 0 Å². The summed E-state index contributed by atoms with van der Waals surface area (Å²) in [5.41, 5.74) is 22.5. The van der Waals surface area contributed by atoms with Crippen molar-refractivity contribution in [1.29, 1.82) is 0 Å². The Bertz CT molecular complexity index is 569. The summed E-state index contributed by atoms with van der Waals surface area (Å²) in [5, 5.41) is 11.6. The van der Waals surface area contributed by atoms with Gasteiger partial charge in [-0.25, -0.2) is 9.59 Å². The van der Waals surface area contributed by atoms with Crippen LogP contribution < -0.4 is 28.3 Å². The number of hydrogen-bond acceptors (Lipinski definition) is 9. The predicted octanol–water partition coefficient (Wildman–Crippen LogP) is 1.10. The van der Waals surface area contributed by atoms with Gasteiger partial charge < -0.3 is 42.8 Å². The molecule has 0 saturated heterocycles. The maximum absolute atomic E-state index is 12.7. The molecule has 0 unspecified atom stereocenters. The van der Waals surface area contributed by atoms with Crippen molar-refractivity contribution in [1.82, 2.24) is 10.2 Å². The lowest BCUT2D eigenvalue weighted by molar-refractivity contribution is -0.123. The third kappa shape index (κ3) is 19.8. The minimum absolute atomic E-state index is 0.0617. The number of rotatable bonds is 22. The largest absolute Gasteiger partial charge is 0.505 e. The molecule has 0 aromatic heterocycles. The van der Waals surface area contributed by atoms with Gasteiger partial charge in [0.15, 0.2) is 0 Å². The van der Waals surface area contributed by atoms with Gasteiger partial charge in [0.05, 0.1) is 6.04 Å². The second-order valence-corrected chi connectivity index (χ2v) is 8.73. The number of carbonyl (C=O) groups is 3. The van der Waals surface area contributed by atoms with Crippen LogP contribution in [0.3, 0.4) is 0 Å². The molecule has 0 saturated carbocycles. The molecule has 0 aliphatic heterocycles. The molecule has 0 aromatic carbocycles. The van der Waals surface area contributed by atoms with E-state index >= 15 is 0 Å². The Morgan fingerprint density at radius 3 is 1.97 bits per heavy atom. The highest BCUT2D eigenvalue weighted by Crippen LogP contribution is 2.07. The minimum atomic E-state index is -1.41. The first-order valence-corrected chi connectivity index (χ1v) is 12.8. The zero-order valence-electron chi connectivity index (χ0n) is 21.1. The molecule has 206 valence electrons. The Hall–Kier alpha value is -2.15. The van der Waals surface area contributed by atoms with Gasteiger partial charge in [0.1, 0.15) is 19.8 Å². The number of unbranched alkanes of at least 4 members (excludes halogenated alkanes) is 6. The summed E-state index contributed by atoms with van der Waals surface area (Å²) in [7, 11) is 0. The quantitative estimate of drug-likeness (QED) is 0.0912. The molecule has 12 nitrogen and oxygen atoms in total. The predicted molar refractivity (Wildman–Crippen MR) is 135 cm³/mol. The van der Waals surface area contributed by atoms with Crippen molar-refractivity contribution < 1.29 is 29.0 Å². The van der Waals surface area contributed by atoms with Crippen molar-refractivity contribution in [3.8, 4) is 0 Å². The van der Waals surface area contributed by atoms with Gasteiger partial charge in [0.25, 0.3) is 0 Å². The van der Waals surface area contributed by atoms with E-state index in [0.29, 0.717) is 45.4 Å². The molecule has 0 aliphatic carbocycles. The number of nitrogens with two attached hydrogens (primary N) is 4. The number of carboxylic acid groups (broad SMARTS) is 1. The van der Waals surface area contributed by atoms with Crippen LogP contribution in [-0.4, -0.2) is 86.2 Å². The number of amides is 2. The lowest BCUT2D eigenvalue weighted by Crippen LogP contribution is -2.46. The number of hydrogen-bond donors (Lipinski definition) is 6. The second kappa shape index (κ2) is 22.3.